The van der Waals surface area contributed by atoms with Crippen LogP contribution in [-0.4, -0.2) is 37.6 Å². The summed E-state index contributed by atoms with van der Waals surface area (Å²) in [7, 11) is 3.87. The molecule has 160 valence electrons. The zero-order valence-electron chi connectivity index (χ0n) is 18.0. The maximum absolute atomic E-state index is 13.0. The molecule has 2 aromatic carbocycles. The van der Waals surface area contributed by atoms with Crippen LogP contribution in [0.2, 0.25) is 0 Å². The van der Waals surface area contributed by atoms with Crippen LogP contribution in [-0.2, 0) is 6.54 Å². The minimum atomic E-state index is -0.251. The Bertz CT molecular complexity index is 1030. The second-order valence-electron chi connectivity index (χ2n) is 6.97. The SMILES string of the molecule is CCOc1ccccc1NC(=NCc1ccncc1)NC(=O)c1cccc(N(C)C)c1. The van der Waals surface area contributed by atoms with E-state index >= 15 is 0 Å². The number of anilines is 2. The fourth-order valence-corrected chi connectivity index (χ4v) is 2.85. The van der Waals surface area contributed by atoms with Crippen LogP contribution < -0.4 is 20.3 Å². The van der Waals surface area contributed by atoms with Crippen LogP contribution in [0.15, 0.2) is 78.0 Å². The number of ether oxygens (including phenoxy) is 1. The molecule has 31 heavy (non-hydrogen) atoms. The van der Waals surface area contributed by atoms with E-state index in [0.717, 1.165) is 16.9 Å². The average Bonchev–Trinajstić information content (AvgIpc) is 2.79. The maximum atomic E-state index is 13.0. The predicted molar refractivity (Wildman–Crippen MR) is 125 cm³/mol. The third-order valence-electron chi connectivity index (χ3n) is 4.47. The first-order valence-corrected chi connectivity index (χ1v) is 10.1. The normalized spacial score (nSPS) is 11.0. The molecule has 0 aliphatic rings. The quantitative estimate of drug-likeness (QED) is 0.450. The fraction of sp³-hybridized carbons (Fsp3) is 0.208. The molecular weight excluding hydrogens is 390 g/mol. The number of nitrogens with one attached hydrogen (secondary N) is 2. The molecule has 0 spiro atoms. The van der Waals surface area contributed by atoms with Gasteiger partial charge < -0.3 is 15.0 Å². The van der Waals surface area contributed by atoms with Crippen molar-refractivity contribution in [2.45, 2.75) is 13.5 Å². The van der Waals surface area contributed by atoms with Gasteiger partial charge in [0.2, 0.25) is 5.96 Å². The summed E-state index contributed by atoms with van der Waals surface area (Å²) >= 11 is 0. The fourth-order valence-electron chi connectivity index (χ4n) is 2.85. The zero-order chi connectivity index (χ0) is 22.1. The molecule has 2 N–H and O–H groups in total. The standard InChI is InChI=1S/C24H27N5O2/c1-4-31-22-11-6-5-10-21(22)27-24(26-17-18-12-14-25-15-13-18)28-23(30)19-8-7-9-20(16-19)29(2)3/h5-16H,4,17H2,1-3H3,(H2,26,27,28,30). The molecule has 1 heterocycles. The molecule has 0 fully saturated rings. The van der Waals surface area contributed by atoms with Crippen molar-refractivity contribution in [3.63, 3.8) is 0 Å². The second kappa shape index (κ2) is 10.8. The summed E-state index contributed by atoms with van der Waals surface area (Å²) in [6.45, 7) is 2.85. The molecule has 3 rings (SSSR count). The van der Waals surface area contributed by atoms with Crippen molar-refractivity contribution in [3.8, 4) is 5.75 Å². The van der Waals surface area contributed by atoms with Gasteiger partial charge in [0, 0.05) is 37.7 Å². The minimum Gasteiger partial charge on any atom is -0.492 e. The van der Waals surface area contributed by atoms with E-state index in [1.54, 1.807) is 18.5 Å². The van der Waals surface area contributed by atoms with Crippen LogP contribution in [0.5, 0.6) is 5.75 Å². The van der Waals surface area contributed by atoms with Crippen molar-refractivity contribution in [1.82, 2.24) is 10.3 Å². The van der Waals surface area contributed by atoms with E-state index in [1.807, 2.05) is 80.5 Å². The molecule has 0 saturated heterocycles. The van der Waals surface area contributed by atoms with Crippen LogP contribution in [0.25, 0.3) is 0 Å². The van der Waals surface area contributed by atoms with Crippen molar-refractivity contribution in [2.75, 3.05) is 30.9 Å². The first-order valence-electron chi connectivity index (χ1n) is 10.1. The molecule has 7 nitrogen and oxygen atoms in total. The van der Waals surface area contributed by atoms with E-state index in [2.05, 4.69) is 20.6 Å². The van der Waals surface area contributed by atoms with E-state index in [1.165, 1.54) is 0 Å². The minimum absolute atomic E-state index is 0.251. The molecule has 0 atom stereocenters. The highest BCUT2D eigenvalue weighted by Crippen LogP contribution is 2.23. The first-order chi connectivity index (χ1) is 15.1. The molecule has 0 saturated carbocycles. The van der Waals surface area contributed by atoms with Crippen LogP contribution >= 0.6 is 0 Å². The van der Waals surface area contributed by atoms with Crippen LogP contribution in [0, 0.1) is 0 Å². The molecule has 0 aliphatic heterocycles. The highest BCUT2D eigenvalue weighted by atomic mass is 16.5. The number of pyridine rings is 1. The number of rotatable bonds is 7. The van der Waals surface area contributed by atoms with Crippen molar-refractivity contribution < 1.29 is 9.53 Å². The van der Waals surface area contributed by atoms with Crippen molar-refractivity contribution >= 4 is 23.2 Å². The predicted octanol–water partition coefficient (Wildman–Crippen LogP) is 3.94. The summed E-state index contributed by atoms with van der Waals surface area (Å²) < 4.78 is 5.69. The first kappa shape index (κ1) is 21.8. The number of hydrogen-bond acceptors (Lipinski definition) is 5. The van der Waals surface area contributed by atoms with Crippen LogP contribution in [0.1, 0.15) is 22.8 Å². The van der Waals surface area contributed by atoms with Crippen LogP contribution in [0.4, 0.5) is 11.4 Å². The zero-order valence-corrected chi connectivity index (χ0v) is 18.0. The van der Waals surface area contributed by atoms with Crippen LogP contribution in [0.3, 0.4) is 0 Å². The largest absolute Gasteiger partial charge is 0.492 e. The Labute approximate surface area is 182 Å². The number of para-hydroxylation sites is 2. The Hall–Kier alpha value is -3.87. The Morgan fingerprint density at radius 1 is 1.06 bits per heavy atom. The smallest absolute Gasteiger partial charge is 0.258 e. The average molecular weight is 418 g/mol. The van der Waals surface area contributed by atoms with Gasteiger partial charge in [0.1, 0.15) is 5.75 Å². The lowest BCUT2D eigenvalue weighted by Gasteiger charge is -2.16. The number of carbonyl (C=O) groups is 1. The highest BCUT2D eigenvalue weighted by molar-refractivity contribution is 6.10. The molecule has 0 radical (unpaired) electrons. The van der Waals surface area contributed by atoms with E-state index in [-0.39, 0.29) is 5.91 Å². The summed E-state index contributed by atoms with van der Waals surface area (Å²) in [4.78, 5) is 23.5. The number of nitrogens with zero attached hydrogens (tertiary/aromatic N) is 3. The Morgan fingerprint density at radius 2 is 1.84 bits per heavy atom. The van der Waals surface area contributed by atoms with Gasteiger partial charge in [0.05, 0.1) is 18.8 Å². The summed E-state index contributed by atoms with van der Waals surface area (Å²) in [6.07, 6.45) is 3.43. The van der Waals surface area contributed by atoms with E-state index in [9.17, 15) is 4.79 Å². The summed E-state index contributed by atoms with van der Waals surface area (Å²) in [5, 5.41) is 6.11. The van der Waals surface area contributed by atoms with Gasteiger partial charge in [-0.2, -0.15) is 0 Å². The number of carbonyl (C=O) groups excluding carboxylic acids is 1. The summed E-state index contributed by atoms with van der Waals surface area (Å²) in [6, 6.07) is 18.7. The maximum Gasteiger partial charge on any atom is 0.258 e. The molecule has 1 aromatic heterocycles. The van der Waals surface area contributed by atoms with E-state index in [0.29, 0.717) is 30.4 Å². The Morgan fingerprint density at radius 3 is 2.58 bits per heavy atom. The molecule has 0 aliphatic carbocycles. The lowest BCUT2D eigenvalue weighted by molar-refractivity contribution is 0.0977. The topological polar surface area (TPSA) is 78.8 Å². The number of aliphatic imine (C=N–C) groups is 1. The van der Waals surface area contributed by atoms with Gasteiger partial charge in [-0.3, -0.25) is 15.1 Å². The highest BCUT2D eigenvalue weighted by Gasteiger charge is 2.12. The lowest BCUT2D eigenvalue weighted by Crippen LogP contribution is -2.36. The second-order valence-corrected chi connectivity index (χ2v) is 6.97. The van der Waals surface area contributed by atoms with E-state index in [4.69, 9.17) is 4.74 Å². The van der Waals surface area contributed by atoms with Gasteiger partial charge in [-0.15, -0.1) is 0 Å². The van der Waals surface area contributed by atoms with Gasteiger partial charge in [0.15, 0.2) is 0 Å². The molecule has 1 amide bonds. The van der Waals surface area contributed by atoms with Gasteiger partial charge in [-0.25, -0.2) is 4.99 Å². The monoisotopic (exact) mass is 417 g/mol. The molecule has 3 aromatic rings. The van der Waals surface area contributed by atoms with Gasteiger partial charge >= 0.3 is 0 Å². The lowest BCUT2D eigenvalue weighted by atomic mass is 10.2. The van der Waals surface area contributed by atoms with Gasteiger partial charge in [-0.1, -0.05) is 18.2 Å². The summed E-state index contributed by atoms with van der Waals surface area (Å²) in [5.74, 6) is 0.772. The molecule has 7 heteroatoms. The number of amides is 1. The Balaban J connectivity index is 1.85. The third kappa shape index (κ3) is 6.30. The number of aromatic nitrogens is 1. The Kier molecular flexibility index (Phi) is 7.59. The number of guanidine groups is 1. The number of benzene rings is 2. The molecule has 0 bridgehead atoms. The van der Waals surface area contributed by atoms with Crippen molar-refractivity contribution in [1.29, 1.82) is 0 Å². The van der Waals surface area contributed by atoms with E-state index < -0.39 is 0 Å². The van der Waals surface area contributed by atoms with Crippen molar-refractivity contribution in [3.05, 3.63) is 84.2 Å². The van der Waals surface area contributed by atoms with Gasteiger partial charge in [0.25, 0.3) is 5.91 Å². The molecular formula is C24H27N5O2. The third-order valence-corrected chi connectivity index (χ3v) is 4.47. The van der Waals surface area contributed by atoms with Gasteiger partial charge in [-0.05, 0) is 55.0 Å². The molecule has 0 unspecified atom stereocenters. The summed E-state index contributed by atoms with van der Waals surface area (Å²) in [5.41, 5.74) is 3.19. The van der Waals surface area contributed by atoms with Crippen molar-refractivity contribution in [2.24, 2.45) is 4.99 Å². The number of hydrogen-bond donors (Lipinski definition) is 2.